The van der Waals surface area contributed by atoms with Crippen molar-refractivity contribution in [1.82, 2.24) is 9.97 Å². The van der Waals surface area contributed by atoms with E-state index in [0.717, 1.165) is 41.8 Å². The first-order valence-corrected chi connectivity index (χ1v) is 10.1. The third-order valence-corrected chi connectivity index (χ3v) is 4.56. The number of para-hydroxylation sites is 1. The van der Waals surface area contributed by atoms with Gasteiger partial charge < -0.3 is 10.6 Å². The van der Waals surface area contributed by atoms with Gasteiger partial charge in [-0.05, 0) is 42.8 Å². The molecule has 3 rings (SSSR count). The summed E-state index contributed by atoms with van der Waals surface area (Å²) in [6, 6.07) is 16.4. The Morgan fingerprint density at radius 1 is 0.857 bits per heavy atom. The zero-order valence-electron chi connectivity index (χ0n) is 16.5. The van der Waals surface area contributed by atoms with E-state index in [1.807, 2.05) is 24.3 Å². The average Bonchev–Trinajstić information content (AvgIpc) is 2.74. The second-order valence-electron chi connectivity index (χ2n) is 6.78. The van der Waals surface area contributed by atoms with Crippen molar-refractivity contribution < 1.29 is 0 Å². The van der Waals surface area contributed by atoms with E-state index in [9.17, 15) is 0 Å². The van der Waals surface area contributed by atoms with Gasteiger partial charge in [-0.2, -0.15) is 0 Å². The molecule has 0 spiro atoms. The van der Waals surface area contributed by atoms with Gasteiger partial charge in [-0.25, -0.2) is 9.97 Å². The molecule has 0 unspecified atom stereocenters. The van der Waals surface area contributed by atoms with Gasteiger partial charge in [-0.3, -0.25) is 0 Å². The number of benzene rings is 2. The van der Waals surface area contributed by atoms with E-state index >= 15 is 0 Å². The number of nitrogens with zero attached hydrogens (tertiary/aromatic N) is 2. The molecule has 1 aromatic heterocycles. The lowest BCUT2D eigenvalue weighted by molar-refractivity contribution is 0.685. The molecular weight excluding hydrogens is 344 g/mol. The lowest BCUT2D eigenvalue weighted by Crippen LogP contribution is -2.03. The van der Waals surface area contributed by atoms with E-state index in [-0.39, 0.29) is 0 Å². The number of aromatic nitrogens is 2. The lowest BCUT2D eigenvalue weighted by atomic mass is 10.2. The van der Waals surface area contributed by atoms with Crippen LogP contribution in [0.1, 0.15) is 44.6 Å². The highest BCUT2D eigenvalue weighted by atomic mass is 15.0. The van der Waals surface area contributed by atoms with Crippen molar-refractivity contribution in [2.24, 2.45) is 0 Å². The minimum absolute atomic E-state index is 0.755. The summed E-state index contributed by atoms with van der Waals surface area (Å²) in [5.41, 5.74) is 3.16. The van der Waals surface area contributed by atoms with Gasteiger partial charge in [-0.15, -0.1) is 0 Å². The van der Waals surface area contributed by atoms with Crippen LogP contribution in [0.4, 0.5) is 11.5 Å². The molecule has 0 aliphatic heterocycles. The third-order valence-electron chi connectivity index (χ3n) is 4.56. The quantitative estimate of drug-likeness (QED) is 0.386. The first-order valence-electron chi connectivity index (χ1n) is 10.1. The van der Waals surface area contributed by atoms with Gasteiger partial charge >= 0.3 is 0 Å². The van der Waals surface area contributed by atoms with E-state index in [1.54, 1.807) is 6.33 Å². The molecule has 0 saturated carbocycles. The second kappa shape index (κ2) is 10.9. The van der Waals surface area contributed by atoms with Crippen LogP contribution in [0, 0.1) is 11.8 Å². The van der Waals surface area contributed by atoms with Crippen LogP contribution in [0.5, 0.6) is 0 Å². The van der Waals surface area contributed by atoms with E-state index in [4.69, 9.17) is 0 Å². The van der Waals surface area contributed by atoms with Gasteiger partial charge in [0.2, 0.25) is 0 Å². The Labute approximate surface area is 167 Å². The Balaban J connectivity index is 1.43. The van der Waals surface area contributed by atoms with Crippen molar-refractivity contribution in [3.63, 3.8) is 0 Å². The minimum Gasteiger partial charge on any atom is -0.385 e. The number of unbranched alkanes of at least 4 members (excludes halogenated alkanes) is 3. The van der Waals surface area contributed by atoms with Gasteiger partial charge in [0.05, 0.1) is 5.52 Å². The summed E-state index contributed by atoms with van der Waals surface area (Å²) in [6.07, 6.45) is 7.47. The molecule has 0 radical (unpaired) electrons. The SMILES string of the molecule is CCCCCCNc1ccc(C#CCCNc2ncnc3ccccc23)cc1. The van der Waals surface area contributed by atoms with E-state index in [0.29, 0.717) is 0 Å². The minimum atomic E-state index is 0.755. The standard InChI is InChI=1S/C24H28N4/c1-2-3-4-8-17-25-21-15-13-20(14-16-21)10-7-9-18-26-24-22-11-5-6-12-23(22)27-19-28-24/h5-6,11-16,19,25H,2-4,8-9,17-18H2,1H3,(H,26,27,28). The monoisotopic (exact) mass is 372 g/mol. The van der Waals surface area contributed by atoms with E-state index in [2.05, 4.69) is 63.6 Å². The van der Waals surface area contributed by atoms with Crippen molar-refractivity contribution >= 4 is 22.4 Å². The molecule has 28 heavy (non-hydrogen) atoms. The van der Waals surface area contributed by atoms with Crippen molar-refractivity contribution in [2.75, 3.05) is 23.7 Å². The summed E-state index contributed by atoms with van der Waals surface area (Å²) in [6.45, 7) is 4.03. The van der Waals surface area contributed by atoms with Gasteiger partial charge in [0.1, 0.15) is 12.1 Å². The van der Waals surface area contributed by atoms with Crippen molar-refractivity contribution in [3.05, 3.63) is 60.4 Å². The van der Waals surface area contributed by atoms with Crippen LogP contribution in [-0.4, -0.2) is 23.1 Å². The summed E-state index contributed by atoms with van der Waals surface area (Å²) in [5, 5.41) is 7.86. The molecule has 4 heteroatoms. The first kappa shape index (κ1) is 19.7. The fraction of sp³-hybridized carbons (Fsp3) is 0.333. The maximum atomic E-state index is 4.34. The third kappa shape index (κ3) is 5.99. The molecule has 0 saturated heterocycles. The highest BCUT2D eigenvalue weighted by Crippen LogP contribution is 2.18. The van der Waals surface area contributed by atoms with E-state index < -0.39 is 0 Å². The normalized spacial score (nSPS) is 10.3. The molecule has 144 valence electrons. The fourth-order valence-electron chi connectivity index (χ4n) is 3.01. The smallest absolute Gasteiger partial charge is 0.137 e. The number of nitrogens with one attached hydrogen (secondary N) is 2. The van der Waals surface area contributed by atoms with Crippen LogP contribution in [-0.2, 0) is 0 Å². The molecule has 0 fully saturated rings. The molecular formula is C24H28N4. The molecule has 0 aliphatic rings. The number of anilines is 2. The predicted octanol–water partition coefficient (Wildman–Crippen LogP) is 5.48. The maximum Gasteiger partial charge on any atom is 0.137 e. The van der Waals surface area contributed by atoms with Crippen molar-refractivity contribution in [2.45, 2.75) is 39.0 Å². The summed E-state index contributed by atoms with van der Waals surface area (Å²) < 4.78 is 0. The Kier molecular flexibility index (Phi) is 7.69. The van der Waals surface area contributed by atoms with Gasteiger partial charge in [0, 0.05) is 36.1 Å². The first-order chi connectivity index (χ1) is 13.9. The summed E-state index contributed by atoms with van der Waals surface area (Å²) >= 11 is 0. The fourth-order valence-corrected chi connectivity index (χ4v) is 3.01. The molecule has 1 heterocycles. The predicted molar refractivity (Wildman–Crippen MR) is 119 cm³/mol. The van der Waals surface area contributed by atoms with Crippen molar-refractivity contribution in [3.8, 4) is 11.8 Å². The second-order valence-corrected chi connectivity index (χ2v) is 6.78. The molecule has 0 aliphatic carbocycles. The van der Waals surface area contributed by atoms with Crippen LogP contribution in [0.3, 0.4) is 0 Å². The molecule has 2 N–H and O–H groups in total. The highest BCUT2D eigenvalue weighted by Gasteiger charge is 2.00. The number of hydrogen-bond acceptors (Lipinski definition) is 4. The largest absolute Gasteiger partial charge is 0.385 e. The molecule has 0 atom stereocenters. The maximum absolute atomic E-state index is 4.34. The molecule has 2 aromatic carbocycles. The zero-order valence-corrected chi connectivity index (χ0v) is 16.5. The van der Waals surface area contributed by atoms with Crippen molar-refractivity contribution in [1.29, 1.82) is 0 Å². The van der Waals surface area contributed by atoms with Crippen LogP contribution in [0.15, 0.2) is 54.9 Å². The lowest BCUT2D eigenvalue weighted by Gasteiger charge is -2.06. The summed E-state index contributed by atoms with van der Waals surface area (Å²) in [5.74, 6) is 7.32. The van der Waals surface area contributed by atoms with Crippen LogP contribution in [0.2, 0.25) is 0 Å². The summed E-state index contributed by atoms with van der Waals surface area (Å²) in [4.78, 5) is 8.62. The zero-order chi connectivity index (χ0) is 19.4. The Morgan fingerprint density at radius 2 is 1.71 bits per heavy atom. The van der Waals surface area contributed by atoms with Gasteiger partial charge in [0.15, 0.2) is 0 Å². The Hall–Kier alpha value is -3.06. The van der Waals surface area contributed by atoms with Crippen LogP contribution >= 0.6 is 0 Å². The van der Waals surface area contributed by atoms with Crippen LogP contribution in [0.25, 0.3) is 10.9 Å². The Morgan fingerprint density at radius 3 is 2.57 bits per heavy atom. The van der Waals surface area contributed by atoms with Crippen LogP contribution < -0.4 is 10.6 Å². The summed E-state index contributed by atoms with van der Waals surface area (Å²) in [7, 11) is 0. The van der Waals surface area contributed by atoms with Gasteiger partial charge in [0.25, 0.3) is 0 Å². The topological polar surface area (TPSA) is 49.8 Å². The number of fused-ring (bicyclic) bond motifs is 1. The molecule has 3 aromatic rings. The van der Waals surface area contributed by atoms with Gasteiger partial charge in [-0.1, -0.05) is 50.2 Å². The molecule has 0 bridgehead atoms. The average molecular weight is 373 g/mol. The molecule has 4 nitrogen and oxygen atoms in total. The van der Waals surface area contributed by atoms with E-state index in [1.165, 1.54) is 31.4 Å². The highest BCUT2D eigenvalue weighted by molar-refractivity contribution is 5.88. The molecule has 0 amide bonds. The number of rotatable bonds is 9. The Bertz CT molecular complexity index is 917. The number of hydrogen-bond donors (Lipinski definition) is 2.